The molecule has 5 nitrogen and oxygen atoms in total. The van der Waals surface area contributed by atoms with Gasteiger partial charge in [-0.2, -0.15) is 5.10 Å². The van der Waals surface area contributed by atoms with Crippen LogP contribution in [-0.2, 0) is 24.8 Å². The van der Waals surface area contributed by atoms with Crippen LogP contribution in [0.3, 0.4) is 0 Å². The van der Waals surface area contributed by atoms with E-state index >= 15 is 0 Å². The largest absolute Gasteiger partial charge is 0.350 e. The third-order valence-corrected chi connectivity index (χ3v) is 4.72. The first-order valence-corrected chi connectivity index (χ1v) is 8.45. The Kier molecular flexibility index (Phi) is 4.74. The molecule has 1 N–H and O–H groups in total. The number of carbonyl (C=O) groups is 1. The minimum Gasteiger partial charge on any atom is -0.350 e. The van der Waals surface area contributed by atoms with E-state index in [1.807, 2.05) is 62.0 Å². The van der Waals surface area contributed by atoms with Crippen molar-refractivity contribution in [3.8, 4) is 5.69 Å². The van der Waals surface area contributed by atoms with Gasteiger partial charge in [0.2, 0.25) is 5.91 Å². The summed E-state index contributed by atoms with van der Waals surface area (Å²) in [5, 5.41) is 7.61. The highest BCUT2D eigenvalue weighted by Crippen LogP contribution is 2.18. The lowest BCUT2D eigenvalue weighted by Crippen LogP contribution is -2.26. The summed E-state index contributed by atoms with van der Waals surface area (Å²) < 4.78 is 3.99. The van der Waals surface area contributed by atoms with Crippen LogP contribution >= 0.6 is 0 Å². The second-order valence-corrected chi connectivity index (χ2v) is 6.38. The molecule has 0 fully saturated rings. The fraction of sp³-hybridized carbons (Fsp3) is 0.300. The number of nitrogens with one attached hydrogen (secondary N) is 1. The van der Waals surface area contributed by atoms with E-state index in [-0.39, 0.29) is 5.91 Å². The van der Waals surface area contributed by atoms with E-state index < -0.39 is 0 Å². The summed E-state index contributed by atoms with van der Waals surface area (Å²) in [6, 6.07) is 14.1. The van der Waals surface area contributed by atoms with Crippen LogP contribution in [0.5, 0.6) is 0 Å². The summed E-state index contributed by atoms with van der Waals surface area (Å²) in [4.78, 5) is 12.4. The van der Waals surface area contributed by atoms with Gasteiger partial charge in [-0.1, -0.05) is 18.2 Å². The Morgan fingerprint density at radius 3 is 2.44 bits per heavy atom. The molecule has 3 aromatic rings. The third-order valence-electron chi connectivity index (χ3n) is 4.72. The Hall–Kier alpha value is -2.82. The number of aromatic nitrogens is 3. The number of nitrogens with zero attached hydrogens (tertiary/aromatic N) is 3. The van der Waals surface area contributed by atoms with Crippen molar-refractivity contribution in [1.29, 1.82) is 0 Å². The van der Waals surface area contributed by atoms with Gasteiger partial charge in [0.25, 0.3) is 0 Å². The van der Waals surface area contributed by atoms with E-state index in [0.717, 1.165) is 28.3 Å². The average Bonchev–Trinajstić information content (AvgIpc) is 3.08. The highest BCUT2D eigenvalue weighted by atomic mass is 16.1. The minimum absolute atomic E-state index is 0.0117. The monoisotopic (exact) mass is 336 g/mol. The number of hydrogen-bond acceptors (Lipinski definition) is 2. The van der Waals surface area contributed by atoms with Crippen LogP contribution in [-0.4, -0.2) is 20.3 Å². The molecule has 25 heavy (non-hydrogen) atoms. The molecular weight excluding hydrogens is 312 g/mol. The van der Waals surface area contributed by atoms with Gasteiger partial charge in [0.1, 0.15) is 0 Å². The van der Waals surface area contributed by atoms with Crippen molar-refractivity contribution in [2.75, 3.05) is 0 Å². The maximum absolute atomic E-state index is 12.4. The lowest BCUT2D eigenvalue weighted by molar-refractivity contribution is -0.120. The lowest BCUT2D eigenvalue weighted by Gasteiger charge is -2.08. The molecule has 0 aliphatic rings. The summed E-state index contributed by atoms with van der Waals surface area (Å²) in [7, 11) is 2.01. The summed E-state index contributed by atoms with van der Waals surface area (Å²) in [5.74, 6) is 0.0117. The zero-order valence-electron chi connectivity index (χ0n) is 15.2. The topological polar surface area (TPSA) is 51.9 Å². The van der Waals surface area contributed by atoms with Gasteiger partial charge in [0.05, 0.1) is 24.3 Å². The van der Waals surface area contributed by atoms with Crippen molar-refractivity contribution in [1.82, 2.24) is 19.7 Å². The first-order valence-electron chi connectivity index (χ1n) is 8.45. The van der Waals surface area contributed by atoms with Crippen molar-refractivity contribution in [3.05, 3.63) is 70.8 Å². The predicted octanol–water partition coefficient (Wildman–Crippen LogP) is 2.99. The molecule has 0 saturated carbocycles. The van der Waals surface area contributed by atoms with Crippen molar-refractivity contribution in [2.24, 2.45) is 7.05 Å². The van der Waals surface area contributed by atoms with Gasteiger partial charge >= 0.3 is 0 Å². The van der Waals surface area contributed by atoms with Gasteiger partial charge in [0.15, 0.2) is 0 Å². The predicted molar refractivity (Wildman–Crippen MR) is 98.7 cm³/mol. The second-order valence-electron chi connectivity index (χ2n) is 6.38. The van der Waals surface area contributed by atoms with E-state index in [1.54, 1.807) is 0 Å². The molecule has 0 spiro atoms. The van der Waals surface area contributed by atoms with Crippen LogP contribution in [0.25, 0.3) is 5.69 Å². The summed E-state index contributed by atoms with van der Waals surface area (Å²) in [5.41, 5.74) is 6.18. The number of aryl methyl sites for hydroxylation is 2. The highest BCUT2D eigenvalue weighted by molar-refractivity contribution is 5.79. The van der Waals surface area contributed by atoms with Gasteiger partial charge < -0.3 is 9.88 Å². The fourth-order valence-electron chi connectivity index (χ4n) is 3.01. The van der Waals surface area contributed by atoms with Crippen LogP contribution in [0.1, 0.15) is 28.3 Å². The molecule has 0 aliphatic carbocycles. The van der Waals surface area contributed by atoms with Crippen LogP contribution < -0.4 is 5.32 Å². The zero-order chi connectivity index (χ0) is 18.0. The standard InChI is InChI=1S/C20H24N4O/c1-14-10-11-18(23(14)4)13-21-20(25)12-19-15(2)22-24(16(19)3)17-8-6-5-7-9-17/h5-11H,12-13H2,1-4H3,(H,21,25). The number of amides is 1. The Labute approximate surface area is 148 Å². The fourth-order valence-corrected chi connectivity index (χ4v) is 3.01. The number of carbonyl (C=O) groups excluding carboxylic acids is 1. The molecule has 0 unspecified atom stereocenters. The van der Waals surface area contributed by atoms with Crippen molar-refractivity contribution < 1.29 is 4.79 Å². The Morgan fingerprint density at radius 1 is 1.08 bits per heavy atom. The zero-order valence-corrected chi connectivity index (χ0v) is 15.2. The van der Waals surface area contributed by atoms with Crippen LogP contribution in [0.4, 0.5) is 0 Å². The highest BCUT2D eigenvalue weighted by Gasteiger charge is 2.16. The SMILES string of the molecule is Cc1nn(-c2ccccc2)c(C)c1CC(=O)NCc1ccc(C)n1C. The van der Waals surface area contributed by atoms with Crippen molar-refractivity contribution in [3.63, 3.8) is 0 Å². The first-order chi connectivity index (χ1) is 12.0. The Balaban J connectivity index is 1.71. The maximum atomic E-state index is 12.4. The third kappa shape index (κ3) is 3.50. The summed E-state index contributed by atoms with van der Waals surface area (Å²) in [6.07, 6.45) is 0.341. The molecule has 5 heteroatoms. The normalized spacial score (nSPS) is 10.9. The van der Waals surface area contributed by atoms with Gasteiger partial charge in [-0.15, -0.1) is 0 Å². The minimum atomic E-state index is 0.0117. The number of benzene rings is 1. The van der Waals surface area contributed by atoms with Gasteiger partial charge in [-0.05, 0) is 45.0 Å². The number of para-hydroxylation sites is 1. The molecule has 0 atom stereocenters. The molecular formula is C20H24N4O. The van der Waals surface area contributed by atoms with E-state index in [0.29, 0.717) is 13.0 Å². The molecule has 130 valence electrons. The van der Waals surface area contributed by atoms with Crippen LogP contribution in [0, 0.1) is 20.8 Å². The van der Waals surface area contributed by atoms with Crippen LogP contribution in [0.2, 0.25) is 0 Å². The smallest absolute Gasteiger partial charge is 0.224 e. The molecule has 0 aliphatic heterocycles. The molecule has 2 heterocycles. The van der Waals surface area contributed by atoms with Crippen LogP contribution in [0.15, 0.2) is 42.5 Å². The summed E-state index contributed by atoms with van der Waals surface area (Å²) >= 11 is 0. The molecule has 0 bridgehead atoms. The van der Waals surface area contributed by atoms with Crippen molar-refractivity contribution in [2.45, 2.75) is 33.7 Å². The Morgan fingerprint density at radius 2 is 1.80 bits per heavy atom. The van der Waals surface area contributed by atoms with Gasteiger partial charge in [-0.25, -0.2) is 4.68 Å². The molecule has 2 aromatic heterocycles. The maximum Gasteiger partial charge on any atom is 0.224 e. The Bertz CT molecular complexity index is 890. The van der Waals surface area contributed by atoms with Gasteiger partial charge in [0, 0.05) is 29.7 Å². The van der Waals surface area contributed by atoms with E-state index in [9.17, 15) is 4.79 Å². The quantitative estimate of drug-likeness (QED) is 0.779. The van der Waals surface area contributed by atoms with Crippen molar-refractivity contribution >= 4 is 5.91 Å². The van der Waals surface area contributed by atoms with E-state index in [4.69, 9.17) is 0 Å². The molecule has 0 radical (unpaired) electrons. The molecule has 0 saturated heterocycles. The average molecular weight is 336 g/mol. The molecule has 1 amide bonds. The lowest BCUT2D eigenvalue weighted by atomic mass is 10.1. The summed E-state index contributed by atoms with van der Waals surface area (Å²) in [6.45, 7) is 6.55. The van der Waals surface area contributed by atoms with E-state index in [2.05, 4.69) is 28.0 Å². The number of rotatable bonds is 5. The molecule has 1 aromatic carbocycles. The van der Waals surface area contributed by atoms with Gasteiger partial charge in [-0.3, -0.25) is 4.79 Å². The van der Waals surface area contributed by atoms with E-state index in [1.165, 1.54) is 5.69 Å². The first kappa shape index (κ1) is 17.0. The second kappa shape index (κ2) is 6.97. The molecule has 3 rings (SSSR count). The number of hydrogen-bond donors (Lipinski definition) is 1.